The Bertz CT molecular complexity index is 991. The number of hydrogen-bond donors (Lipinski definition) is 1. The number of benzene rings is 2. The van der Waals surface area contributed by atoms with E-state index in [1.807, 2.05) is 54.6 Å². The van der Waals surface area contributed by atoms with Gasteiger partial charge in [0.05, 0.1) is 10.6 Å². The van der Waals surface area contributed by atoms with Crippen molar-refractivity contribution >= 4 is 50.8 Å². The van der Waals surface area contributed by atoms with Crippen molar-refractivity contribution in [3.63, 3.8) is 0 Å². The SMILES string of the molecule is O=C1Nc2ccc(Br)cc2/C1=C/c1ccc(-c2ccccc2Cl)o1. The van der Waals surface area contributed by atoms with Crippen LogP contribution in [0.2, 0.25) is 5.02 Å². The minimum absolute atomic E-state index is 0.140. The lowest BCUT2D eigenvalue weighted by atomic mass is 10.1. The van der Waals surface area contributed by atoms with Crippen LogP contribution in [0.5, 0.6) is 0 Å². The first-order valence-corrected chi connectivity index (χ1v) is 8.46. The zero-order chi connectivity index (χ0) is 16.7. The zero-order valence-corrected chi connectivity index (χ0v) is 14.7. The number of halogens is 2. The molecule has 0 aliphatic carbocycles. The summed E-state index contributed by atoms with van der Waals surface area (Å²) in [6, 6.07) is 16.8. The summed E-state index contributed by atoms with van der Waals surface area (Å²) in [5, 5.41) is 3.48. The Morgan fingerprint density at radius 1 is 1.04 bits per heavy atom. The third kappa shape index (κ3) is 2.68. The molecule has 5 heteroatoms. The average molecular weight is 401 g/mol. The van der Waals surface area contributed by atoms with Crippen molar-refractivity contribution in [2.45, 2.75) is 0 Å². The molecule has 0 saturated heterocycles. The van der Waals surface area contributed by atoms with Gasteiger partial charge in [0, 0.05) is 21.3 Å². The molecule has 0 unspecified atom stereocenters. The molecule has 1 aliphatic heterocycles. The van der Waals surface area contributed by atoms with E-state index >= 15 is 0 Å². The molecule has 0 atom stereocenters. The van der Waals surface area contributed by atoms with E-state index in [1.54, 1.807) is 6.08 Å². The predicted molar refractivity (Wildman–Crippen MR) is 99.8 cm³/mol. The van der Waals surface area contributed by atoms with E-state index in [1.165, 1.54) is 0 Å². The Morgan fingerprint density at radius 2 is 1.88 bits per heavy atom. The third-order valence-electron chi connectivity index (χ3n) is 3.82. The fourth-order valence-corrected chi connectivity index (χ4v) is 3.27. The Balaban J connectivity index is 1.74. The summed E-state index contributed by atoms with van der Waals surface area (Å²) in [6.45, 7) is 0. The Kier molecular flexibility index (Phi) is 3.79. The molecule has 4 rings (SSSR count). The quantitative estimate of drug-likeness (QED) is 0.548. The topological polar surface area (TPSA) is 42.2 Å². The molecule has 1 N–H and O–H groups in total. The summed E-state index contributed by atoms with van der Waals surface area (Å²) in [4.78, 5) is 12.2. The summed E-state index contributed by atoms with van der Waals surface area (Å²) in [5.74, 6) is 1.13. The van der Waals surface area contributed by atoms with Crippen molar-refractivity contribution in [3.05, 3.63) is 75.4 Å². The maximum absolute atomic E-state index is 12.2. The van der Waals surface area contributed by atoms with Gasteiger partial charge in [-0.15, -0.1) is 0 Å². The molecule has 3 nitrogen and oxygen atoms in total. The minimum Gasteiger partial charge on any atom is -0.457 e. The summed E-state index contributed by atoms with van der Waals surface area (Å²) >= 11 is 9.64. The van der Waals surface area contributed by atoms with E-state index in [4.69, 9.17) is 16.0 Å². The number of fused-ring (bicyclic) bond motifs is 1. The van der Waals surface area contributed by atoms with Crippen LogP contribution in [0, 0.1) is 0 Å². The van der Waals surface area contributed by atoms with Gasteiger partial charge in [-0.2, -0.15) is 0 Å². The normalized spacial score (nSPS) is 14.8. The highest BCUT2D eigenvalue weighted by Crippen LogP contribution is 2.36. The van der Waals surface area contributed by atoms with Crippen LogP contribution >= 0.6 is 27.5 Å². The van der Waals surface area contributed by atoms with Gasteiger partial charge in [-0.1, -0.05) is 39.7 Å². The number of rotatable bonds is 2. The molecule has 3 aromatic rings. The van der Waals surface area contributed by atoms with Gasteiger partial charge >= 0.3 is 0 Å². The minimum atomic E-state index is -0.140. The lowest BCUT2D eigenvalue weighted by Gasteiger charge is -2.00. The van der Waals surface area contributed by atoms with E-state index in [0.29, 0.717) is 22.1 Å². The van der Waals surface area contributed by atoms with Crippen molar-refractivity contribution < 1.29 is 9.21 Å². The highest BCUT2D eigenvalue weighted by Gasteiger charge is 2.24. The first-order chi connectivity index (χ1) is 11.6. The number of furan rings is 1. The Hall–Kier alpha value is -2.30. The van der Waals surface area contributed by atoms with Gasteiger partial charge < -0.3 is 9.73 Å². The molecule has 1 aliphatic rings. The molecule has 0 radical (unpaired) electrons. The number of amides is 1. The van der Waals surface area contributed by atoms with E-state index in [-0.39, 0.29) is 5.91 Å². The van der Waals surface area contributed by atoms with Gasteiger partial charge in [0.15, 0.2) is 0 Å². The van der Waals surface area contributed by atoms with Gasteiger partial charge in [-0.3, -0.25) is 4.79 Å². The van der Waals surface area contributed by atoms with Gasteiger partial charge in [0.25, 0.3) is 5.91 Å². The highest BCUT2D eigenvalue weighted by atomic mass is 79.9. The Morgan fingerprint density at radius 3 is 2.71 bits per heavy atom. The number of carbonyl (C=O) groups is 1. The summed E-state index contributed by atoms with van der Waals surface area (Å²) in [6.07, 6.45) is 1.74. The Labute approximate surface area is 152 Å². The van der Waals surface area contributed by atoms with Crippen LogP contribution in [-0.4, -0.2) is 5.91 Å². The smallest absolute Gasteiger partial charge is 0.256 e. The monoisotopic (exact) mass is 399 g/mol. The predicted octanol–water partition coefficient (Wildman–Crippen LogP) is 5.86. The van der Waals surface area contributed by atoms with Crippen molar-refractivity contribution in [1.29, 1.82) is 0 Å². The standard InChI is InChI=1S/C19H11BrClNO2/c20-11-5-7-17-14(9-11)15(19(23)22-17)10-12-6-8-18(24-12)13-3-1-2-4-16(13)21/h1-10H,(H,22,23)/b15-10-. The van der Waals surface area contributed by atoms with Gasteiger partial charge in [-0.25, -0.2) is 0 Å². The van der Waals surface area contributed by atoms with Crippen molar-refractivity contribution in [2.24, 2.45) is 0 Å². The molecule has 0 saturated carbocycles. The maximum Gasteiger partial charge on any atom is 0.256 e. The summed E-state index contributed by atoms with van der Waals surface area (Å²) in [7, 11) is 0. The second-order valence-electron chi connectivity index (χ2n) is 5.38. The van der Waals surface area contributed by atoms with E-state index in [2.05, 4.69) is 21.2 Å². The van der Waals surface area contributed by atoms with Crippen LogP contribution in [0.4, 0.5) is 5.69 Å². The van der Waals surface area contributed by atoms with Crippen LogP contribution in [-0.2, 0) is 4.79 Å². The molecule has 1 aromatic heterocycles. The molecule has 2 heterocycles. The molecule has 118 valence electrons. The molecule has 0 bridgehead atoms. The number of carbonyl (C=O) groups excluding carboxylic acids is 1. The van der Waals surface area contributed by atoms with Crippen molar-refractivity contribution in [3.8, 4) is 11.3 Å². The molecular formula is C19H11BrClNO2. The molecule has 1 amide bonds. The van der Waals surface area contributed by atoms with Gasteiger partial charge in [-0.05, 0) is 48.5 Å². The molecular weight excluding hydrogens is 390 g/mol. The van der Waals surface area contributed by atoms with E-state index in [0.717, 1.165) is 21.3 Å². The third-order valence-corrected chi connectivity index (χ3v) is 4.64. The second-order valence-corrected chi connectivity index (χ2v) is 6.71. The van der Waals surface area contributed by atoms with E-state index < -0.39 is 0 Å². The molecule has 2 aromatic carbocycles. The lowest BCUT2D eigenvalue weighted by Crippen LogP contribution is -2.03. The first-order valence-electron chi connectivity index (χ1n) is 7.29. The molecule has 0 spiro atoms. The van der Waals surface area contributed by atoms with Gasteiger partial charge in [0.1, 0.15) is 11.5 Å². The number of anilines is 1. The molecule has 0 fully saturated rings. The maximum atomic E-state index is 12.2. The van der Waals surface area contributed by atoms with Crippen molar-refractivity contribution in [2.75, 3.05) is 5.32 Å². The first kappa shape index (κ1) is 15.2. The summed E-state index contributed by atoms with van der Waals surface area (Å²) < 4.78 is 6.77. The lowest BCUT2D eigenvalue weighted by molar-refractivity contribution is -0.110. The van der Waals surface area contributed by atoms with Crippen LogP contribution < -0.4 is 5.32 Å². The highest BCUT2D eigenvalue weighted by molar-refractivity contribution is 9.10. The zero-order valence-electron chi connectivity index (χ0n) is 12.3. The number of hydrogen-bond acceptors (Lipinski definition) is 2. The summed E-state index contributed by atoms with van der Waals surface area (Å²) in [5.41, 5.74) is 3.05. The fraction of sp³-hybridized carbons (Fsp3) is 0. The van der Waals surface area contributed by atoms with Crippen LogP contribution in [0.3, 0.4) is 0 Å². The van der Waals surface area contributed by atoms with Crippen LogP contribution in [0.1, 0.15) is 11.3 Å². The molecule has 24 heavy (non-hydrogen) atoms. The van der Waals surface area contributed by atoms with Gasteiger partial charge in [0.2, 0.25) is 0 Å². The van der Waals surface area contributed by atoms with E-state index in [9.17, 15) is 4.79 Å². The average Bonchev–Trinajstić information content (AvgIpc) is 3.14. The van der Waals surface area contributed by atoms with Crippen LogP contribution in [0.25, 0.3) is 23.0 Å². The number of nitrogens with one attached hydrogen (secondary N) is 1. The van der Waals surface area contributed by atoms with Crippen LogP contribution in [0.15, 0.2) is 63.5 Å². The van der Waals surface area contributed by atoms with Crippen molar-refractivity contribution in [1.82, 2.24) is 0 Å². The fourth-order valence-electron chi connectivity index (χ4n) is 2.68. The second kappa shape index (κ2) is 5.96. The largest absolute Gasteiger partial charge is 0.457 e.